The van der Waals surface area contributed by atoms with Crippen LogP contribution in [-0.4, -0.2) is 55.7 Å². The quantitative estimate of drug-likeness (QED) is 0.589. The van der Waals surface area contributed by atoms with E-state index in [0.717, 1.165) is 39.1 Å². The van der Waals surface area contributed by atoms with E-state index in [9.17, 15) is 4.79 Å². The highest BCUT2D eigenvalue weighted by Crippen LogP contribution is 2.13. The van der Waals surface area contributed by atoms with Crippen LogP contribution in [0.15, 0.2) is 0 Å². The van der Waals surface area contributed by atoms with Gasteiger partial charge >= 0.3 is 0 Å². The Bertz CT molecular complexity index is 259. The first-order valence-electron chi connectivity index (χ1n) is 7.14. The minimum absolute atomic E-state index is 0.244. The van der Waals surface area contributed by atoms with Gasteiger partial charge in [-0.05, 0) is 46.7 Å². The summed E-state index contributed by atoms with van der Waals surface area (Å²) in [6.07, 6.45) is 1.70. The van der Waals surface area contributed by atoms with Crippen molar-refractivity contribution in [2.45, 2.75) is 52.1 Å². The Hall–Kier alpha value is -0.650. The summed E-state index contributed by atoms with van der Waals surface area (Å²) in [6, 6.07) is 0.244. The van der Waals surface area contributed by atoms with Crippen LogP contribution < -0.4 is 11.1 Å². The van der Waals surface area contributed by atoms with Gasteiger partial charge in [0.2, 0.25) is 5.91 Å². The van der Waals surface area contributed by atoms with Gasteiger partial charge in [-0.2, -0.15) is 0 Å². The molecule has 1 amide bonds. The predicted octanol–water partition coefficient (Wildman–Crippen LogP) is 0.977. The number of rotatable bonds is 11. The number of nitrogens with one attached hydrogen (secondary N) is 1. The number of hydrogen-bond donors (Lipinski definition) is 2. The Morgan fingerprint density at radius 3 is 2.47 bits per heavy atom. The van der Waals surface area contributed by atoms with Crippen LogP contribution in [0.2, 0.25) is 0 Å². The molecule has 0 spiro atoms. The molecule has 1 unspecified atom stereocenters. The summed E-state index contributed by atoms with van der Waals surface area (Å²) >= 11 is 0. The lowest BCUT2D eigenvalue weighted by atomic mass is 9.93. The second-order valence-electron chi connectivity index (χ2n) is 5.53. The molecule has 0 aromatic carbocycles. The number of methoxy groups -OCH3 is 1. The topological polar surface area (TPSA) is 67.6 Å². The fraction of sp³-hybridized carbons (Fsp3) is 0.929. The molecule has 0 radical (unpaired) electrons. The molecule has 114 valence electrons. The van der Waals surface area contributed by atoms with Crippen molar-refractivity contribution in [3.05, 3.63) is 0 Å². The maximum Gasteiger partial charge on any atom is 0.237 e. The number of nitrogens with two attached hydrogens (primary N) is 1. The third-order valence-electron chi connectivity index (χ3n) is 3.36. The van der Waals surface area contributed by atoms with Gasteiger partial charge in [0, 0.05) is 19.7 Å². The first-order valence-corrected chi connectivity index (χ1v) is 7.14. The molecule has 0 aliphatic heterocycles. The number of likely N-dealkylation sites (N-methyl/N-ethyl adjacent to an activating group) is 1. The number of nitrogens with zero attached hydrogens (tertiary/aromatic N) is 1. The summed E-state index contributed by atoms with van der Waals surface area (Å²) in [6.45, 7) is 11.7. The zero-order valence-electron chi connectivity index (χ0n) is 13.2. The number of carbonyl (C=O) groups is 1. The predicted molar refractivity (Wildman–Crippen MR) is 79.1 cm³/mol. The summed E-state index contributed by atoms with van der Waals surface area (Å²) in [5.74, 6) is -0.277. The van der Waals surface area contributed by atoms with E-state index in [2.05, 4.69) is 17.1 Å². The molecule has 0 aliphatic carbocycles. The van der Waals surface area contributed by atoms with E-state index in [1.54, 1.807) is 7.11 Å². The summed E-state index contributed by atoms with van der Waals surface area (Å²) in [4.78, 5) is 13.9. The molecule has 3 N–H and O–H groups in total. The van der Waals surface area contributed by atoms with Gasteiger partial charge in [0.05, 0.1) is 12.1 Å². The summed E-state index contributed by atoms with van der Waals surface area (Å²) < 4.78 is 5.08. The molecular weight excluding hydrogens is 242 g/mol. The number of ether oxygens (including phenoxy) is 1. The van der Waals surface area contributed by atoms with E-state index in [0.29, 0.717) is 0 Å². The maximum atomic E-state index is 11.6. The minimum Gasteiger partial charge on any atom is -0.383 e. The molecule has 0 bridgehead atoms. The second-order valence-corrected chi connectivity index (χ2v) is 5.53. The van der Waals surface area contributed by atoms with E-state index in [1.165, 1.54) is 0 Å². The fourth-order valence-electron chi connectivity index (χ4n) is 2.21. The molecule has 0 saturated heterocycles. The van der Waals surface area contributed by atoms with Crippen molar-refractivity contribution < 1.29 is 9.53 Å². The van der Waals surface area contributed by atoms with Crippen LogP contribution >= 0.6 is 0 Å². The molecule has 19 heavy (non-hydrogen) atoms. The van der Waals surface area contributed by atoms with Gasteiger partial charge in [-0.1, -0.05) is 6.92 Å². The van der Waals surface area contributed by atoms with Gasteiger partial charge in [0.25, 0.3) is 0 Å². The number of amides is 1. The molecule has 5 heteroatoms. The van der Waals surface area contributed by atoms with E-state index < -0.39 is 5.54 Å². The number of carbonyl (C=O) groups excluding carboxylic acids is 1. The van der Waals surface area contributed by atoms with Crippen LogP contribution in [0.3, 0.4) is 0 Å². The molecular formula is C14H31N3O2. The lowest BCUT2D eigenvalue weighted by Crippen LogP contribution is -2.55. The smallest absolute Gasteiger partial charge is 0.237 e. The molecule has 0 aliphatic rings. The highest BCUT2D eigenvalue weighted by molar-refractivity contribution is 5.84. The third-order valence-corrected chi connectivity index (χ3v) is 3.36. The highest BCUT2D eigenvalue weighted by Gasteiger charge is 2.30. The van der Waals surface area contributed by atoms with Crippen molar-refractivity contribution in [3.63, 3.8) is 0 Å². The van der Waals surface area contributed by atoms with E-state index in [-0.39, 0.29) is 11.9 Å². The van der Waals surface area contributed by atoms with Crippen LogP contribution in [0.1, 0.15) is 40.5 Å². The first kappa shape index (κ1) is 18.4. The average Bonchev–Trinajstić information content (AvgIpc) is 2.32. The van der Waals surface area contributed by atoms with Gasteiger partial charge < -0.3 is 20.7 Å². The molecule has 5 nitrogen and oxygen atoms in total. The highest BCUT2D eigenvalue weighted by atomic mass is 16.5. The van der Waals surface area contributed by atoms with E-state index >= 15 is 0 Å². The maximum absolute atomic E-state index is 11.6. The zero-order valence-corrected chi connectivity index (χ0v) is 13.2. The summed E-state index contributed by atoms with van der Waals surface area (Å²) in [7, 11) is 1.71. The van der Waals surface area contributed by atoms with Crippen LogP contribution in [0, 0.1) is 0 Å². The Morgan fingerprint density at radius 1 is 1.42 bits per heavy atom. The lowest BCUT2D eigenvalue weighted by Gasteiger charge is -2.31. The van der Waals surface area contributed by atoms with Crippen molar-refractivity contribution in [3.8, 4) is 0 Å². The normalized spacial score (nSPS) is 14.9. The van der Waals surface area contributed by atoms with E-state index in [4.69, 9.17) is 10.5 Å². The Labute approximate surface area is 117 Å². The average molecular weight is 273 g/mol. The molecule has 0 fully saturated rings. The summed E-state index contributed by atoms with van der Waals surface area (Å²) in [5.41, 5.74) is 4.90. The van der Waals surface area contributed by atoms with Crippen LogP contribution in [0.5, 0.6) is 0 Å². The van der Waals surface area contributed by atoms with Gasteiger partial charge in [0.1, 0.15) is 0 Å². The molecule has 0 heterocycles. The van der Waals surface area contributed by atoms with Crippen LogP contribution in [-0.2, 0) is 9.53 Å². The second kappa shape index (κ2) is 9.28. The van der Waals surface area contributed by atoms with Crippen molar-refractivity contribution >= 4 is 5.91 Å². The number of hydrogen-bond acceptors (Lipinski definition) is 4. The number of primary amides is 1. The largest absolute Gasteiger partial charge is 0.383 e. The van der Waals surface area contributed by atoms with Gasteiger partial charge in [-0.15, -0.1) is 0 Å². The van der Waals surface area contributed by atoms with E-state index in [1.807, 2.05) is 20.8 Å². The zero-order chi connectivity index (χ0) is 14.9. The van der Waals surface area contributed by atoms with Gasteiger partial charge in [-0.3, -0.25) is 4.79 Å². The Balaban J connectivity index is 4.21. The van der Waals surface area contributed by atoms with Crippen molar-refractivity contribution in [1.82, 2.24) is 10.2 Å². The van der Waals surface area contributed by atoms with Gasteiger partial charge in [-0.25, -0.2) is 0 Å². The monoisotopic (exact) mass is 273 g/mol. The minimum atomic E-state index is -0.616. The molecule has 1 atom stereocenters. The SMILES string of the molecule is CCN(CCCC(C)(NC(C)C)C(N)=O)CCOC. The van der Waals surface area contributed by atoms with Crippen molar-refractivity contribution in [2.75, 3.05) is 33.4 Å². The van der Waals surface area contributed by atoms with Crippen molar-refractivity contribution in [2.24, 2.45) is 5.73 Å². The summed E-state index contributed by atoms with van der Waals surface area (Å²) in [5, 5.41) is 3.27. The van der Waals surface area contributed by atoms with Crippen molar-refractivity contribution in [1.29, 1.82) is 0 Å². The standard InChI is InChI=1S/C14H31N3O2/c1-6-17(10-11-19-5)9-7-8-14(4,13(15)18)16-12(2)3/h12,16H,6-11H2,1-5H3,(H2,15,18). The Kier molecular flexibility index (Phi) is 8.97. The molecule has 0 aromatic heterocycles. The van der Waals surface area contributed by atoms with Crippen LogP contribution in [0.4, 0.5) is 0 Å². The Morgan fingerprint density at radius 2 is 2.05 bits per heavy atom. The molecule has 0 saturated carbocycles. The third kappa shape index (κ3) is 7.50. The van der Waals surface area contributed by atoms with Gasteiger partial charge in [0.15, 0.2) is 0 Å². The lowest BCUT2D eigenvalue weighted by molar-refractivity contribution is -0.124. The first-order chi connectivity index (χ1) is 8.85. The molecule has 0 aromatic rings. The fourth-order valence-corrected chi connectivity index (χ4v) is 2.21. The van der Waals surface area contributed by atoms with Crippen LogP contribution in [0.25, 0.3) is 0 Å². The molecule has 0 rings (SSSR count).